The summed E-state index contributed by atoms with van der Waals surface area (Å²) in [5.41, 5.74) is -0.447. The zero-order valence-electron chi connectivity index (χ0n) is 12.7. The highest BCUT2D eigenvalue weighted by Crippen LogP contribution is 2.41. The fraction of sp³-hybridized carbons (Fsp3) is 0.929. The van der Waals surface area contributed by atoms with E-state index < -0.39 is 32.9 Å². The third-order valence-electron chi connectivity index (χ3n) is 4.65. The molecule has 1 N–H and O–H groups in total. The molecule has 0 bridgehead atoms. The van der Waals surface area contributed by atoms with Crippen molar-refractivity contribution in [2.24, 2.45) is 0 Å². The number of sulfonamides is 1. The van der Waals surface area contributed by atoms with E-state index in [9.17, 15) is 13.2 Å². The van der Waals surface area contributed by atoms with Gasteiger partial charge < -0.3 is 9.84 Å². The highest BCUT2D eigenvalue weighted by Gasteiger charge is 2.49. The molecule has 1 aliphatic carbocycles. The number of aliphatic carboxylic acids is 1. The van der Waals surface area contributed by atoms with Crippen LogP contribution < -0.4 is 0 Å². The van der Waals surface area contributed by atoms with Crippen LogP contribution in [0, 0.1) is 0 Å². The van der Waals surface area contributed by atoms with Gasteiger partial charge in [0.1, 0.15) is 0 Å². The first-order valence-corrected chi connectivity index (χ1v) is 9.22. The molecule has 0 aromatic rings. The second kappa shape index (κ2) is 6.22. The number of morpholine rings is 1. The first-order valence-electron chi connectivity index (χ1n) is 7.71. The number of ether oxygens (including phenoxy) is 1. The maximum absolute atomic E-state index is 12.7. The summed E-state index contributed by atoms with van der Waals surface area (Å²) in [5, 5.41) is 8.58. The minimum Gasteiger partial charge on any atom is -0.481 e. The molecule has 122 valence electrons. The Morgan fingerprint density at radius 2 is 2.00 bits per heavy atom. The number of carboxylic acid groups (broad SMARTS) is 1. The zero-order chi connectivity index (χ0) is 15.7. The van der Waals surface area contributed by atoms with Crippen molar-refractivity contribution < 1.29 is 23.1 Å². The average Bonchev–Trinajstić information content (AvgIpc) is 2.36. The Kier molecular flexibility index (Phi) is 4.95. The van der Waals surface area contributed by atoms with Crippen LogP contribution in [0.15, 0.2) is 0 Å². The van der Waals surface area contributed by atoms with Crippen LogP contribution in [0.25, 0.3) is 0 Å². The van der Waals surface area contributed by atoms with E-state index in [0.29, 0.717) is 19.4 Å². The predicted molar refractivity (Wildman–Crippen MR) is 78.6 cm³/mol. The fourth-order valence-corrected chi connectivity index (χ4v) is 5.36. The normalized spacial score (nSPS) is 26.0. The zero-order valence-corrected chi connectivity index (χ0v) is 13.6. The van der Waals surface area contributed by atoms with Gasteiger partial charge in [-0.3, -0.25) is 4.79 Å². The van der Waals surface area contributed by atoms with E-state index in [1.807, 2.05) is 13.8 Å². The lowest BCUT2D eigenvalue weighted by atomic mass is 9.79. The van der Waals surface area contributed by atoms with Gasteiger partial charge in [-0.05, 0) is 32.1 Å². The van der Waals surface area contributed by atoms with Gasteiger partial charge in [0.25, 0.3) is 0 Å². The van der Waals surface area contributed by atoms with Crippen molar-refractivity contribution in [3.05, 3.63) is 0 Å². The van der Waals surface area contributed by atoms with Gasteiger partial charge in [0.15, 0.2) is 0 Å². The third-order valence-corrected chi connectivity index (χ3v) is 7.15. The first kappa shape index (κ1) is 16.7. The van der Waals surface area contributed by atoms with Gasteiger partial charge in [0, 0.05) is 13.1 Å². The smallest absolute Gasteiger partial charge is 0.306 e. The van der Waals surface area contributed by atoms with E-state index in [-0.39, 0.29) is 13.0 Å². The summed E-state index contributed by atoms with van der Waals surface area (Å²) in [7, 11) is -3.38. The summed E-state index contributed by atoms with van der Waals surface area (Å²) < 4.78 is 32.9. The molecule has 0 amide bonds. The van der Waals surface area contributed by atoms with E-state index in [1.54, 1.807) is 0 Å². The van der Waals surface area contributed by atoms with E-state index in [4.69, 9.17) is 9.84 Å². The molecule has 21 heavy (non-hydrogen) atoms. The van der Waals surface area contributed by atoms with Crippen LogP contribution in [0.3, 0.4) is 0 Å². The SMILES string of the molecule is CCC(CC)S(=O)(=O)N1CC(CC(=O)O)OC2(CCC2)C1. The molecule has 1 unspecified atom stereocenters. The minimum atomic E-state index is -3.38. The largest absolute Gasteiger partial charge is 0.481 e. The molecule has 0 radical (unpaired) electrons. The molecule has 1 aliphatic heterocycles. The predicted octanol–water partition coefficient (Wildman–Crippen LogP) is 1.60. The molecule has 1 spiro atoms. The fourth-order valence-electron chi connectivity index (χ4n) is 3.30. The molecule has 1 saturated heterocycles. The lowest BCUT2D eigenvalue weighted by molar-refractivity contribution is -0.183. The van der Waals surface area contributed by atoms with Gasteiger partial charge in [-0.1, -0.05) is 13.8 Å². The maximum atomic E-state index is 12.7. The molecular weight excluding hydrogens is 294 g/mol. The molecule has 0 aromatic heterocycles. The number of hydrogen-bond acceptors (Lipinski definition) is 4. The van der Waals surface area contributed by atoms with Crippen molar-refractivity contribution in [3.63, 3.8) is 0 Å². The molecule has 2 rings (SSSR count). The highest BCUT2D eigenvalue weighted by molar-refractivity contribution is 7.89. The van der Waals surface area contributed by atoms with E-state index in [0.717, 1.165) is 19.3 Å². The molecule has 2 fully saturated rings. The Labute approximate surface area is 126 Å². The van der Waals surface area contributed by atoms with Gasteiger partial charge in [0.05, 0.1) is 23.4 Å². The molecule has 2 aliphatic rings. The van der Waals surface area contributed by atoms with Crippen LogP contribution in [0.5, 0.6) is 0 Å². The number of carboxylic acids is 1. The second-order valence-electron chi connectivity index (χ2n) is 6.15. The van der Waals surface area contributed by atoms with Crippen molar-refractivity contribution >= 4 is 16.0 Å². The van der Waals surface area contributed by atoms with Gasteiger partial charge in [-0.2, -0.15) is 4.31 Å². The first-order chi connectivity index (χ1) is 9.83. The lowest BCUT2D eigenvalue weighted by Crippen LogP contribution is -2.61. The summed E-state index contributed by atoms with van der Waals surface area (Å²) in [5.74, 6) is -0.948. The molecule has 0 aromatic carbocycles. The van der Waals surface area contributed by atoms with Gasteiger partial charge in [-0.25, -0.2) is 8.42 Å². The number of carbonyl (C=O) groups is 1. The van der Waals surface area contributed by atoms with Crippen molar-refractivity contribution in [2.75, 3.05) is 13.1 Å². The summed E-state index contributed by atoms with van der Waals surface area (Å²) in [6.45, 7) is 4.29. The summed E-state index contributed by atoms with van der Waals surface area (Å²) >= 11 is 0. The van der Waals surface area contributed by atoms with E-state index >= 15 is 0 Å². The highest BCUT2D eigenvalue weighted by atomic mass is 32.2. The van der Waals surface area contributed by atoms with Crippen LogP contribution in [-0.4, -0.2) is 53.8 Å². The molecular formula is C14H25NO5S. The monoisotopic (exact) mass is 319 g/mol. The third kappa shape index (κ3) is 3.40. The van der Waals surface area contributed by atoms with Crippen LogP contribution >= 0.6 is 0 Å². The number of hydrogen-bond donors (Lipinski definition) is 1. The van der Waals surface area contributed by atoms with Gasteiger partial charge in [-0.15, -0.1) is 0 Å². The van der Waals surface area contributed by atoms with Crippen molar-refractivity contribution in [1.29, 1.82) is 0 Å². The van der Waals surface area contributed by atoms with Crippen LogP contribution in [0.4, 0.5) is 0 Å². The summed E-state index contributed by atoms with van der Waals surface area (Å²) in [4.78, 5) is 10.9. The van der Waals surface area contributed by atoms with Crippen LogP contribution in [-0.2, 0) is 19.6 Å². The Morgan fingerprint density at radius 1 is 1.38 bits per heavy atom. The summed E-state index contributed by atoms with van der Waals surface area (Å²) in [6.07, 6.45) is 3.12. The standard InChI is InChI=1S/C14H25NO5S/c1-3-12(4-2)21(18,19)15-9-11(8-13(16)17)20-14(10-15)6-5-7-14/h11-12H,3-10H2,1-2H3,(H,16,17). The molecule has 1 heterocycles. The number of rotatable bonds is 6. The minimum absolute atomic E-state index is 0.142. The Hall–Kier alpha value is -0.660. The van der Waals surface area contributed by atoms with E-state index in [1.165, 1.54) is 4.31 Å². The van der Waals surface area contributed by atoms with Crippen molar-refractivity contribution in [3.8, 4) is 0 Å². The quantitative estimate of drug-likeness (QED) is 0.804. The number of nitrogens with zero attached hydrogens (tertiary/aromatic N) is 1. The van der Waals surface area contributed by atoms with E-state index in [2.05, 4.69) is 0 Å². The Bertz CT molecular complexity index is 482. The van der Waals surface area contributed by atoms with Crippen molar-refractivity contribution in [1.82, 2.24) is 4.31 Å². The second-order valence-corrected chi connectivity index (χ2v) is 8.36. The summed E-state index contributed by atoms with van der Waals surface area (Å²) in [6, 6.07) is 0. The molecule has 6 nitrogen and oxygen atoms in total. The van der Waals surface area contributed by atoms with Gasteiger partial charge in [0.2, 0.25) is 10.0 Å². The molecule has 1 saturated carbocycles. The van der Waals surface area contributed by atoms with Crippen LogP contribution in [0.1, 0.15) is 52.4 Å². The van der Waals surface area contributed by atoms with Crippen LogP contribution in [0.2, 0.25) is 0 Å². The Balaban J connectivity index is 2.19. The van der Waals surface area contributed by atoms with Gasteiger partial charge >= 0.3 is 5.97 Å². The van der Waals surface area contributed by atoms with Crippen molar-refractivity contribution in [2.45, 2.75) is 69.3 Å². The average molecular weight is 319 g/mol. The molecule has 1 atom stereocenters. The molecule has 7 heteroatoms. The maximum Gasteiger partial charge on any atom is 0.306 e. The Morgan fingerprint density at radius 3 is 2.43 bits per heavy atom. The topological polar surface area (TPSA) is 83.9 Å². The lowest BCUT2D eigenvalue weighted by Gasteiger charge is -2.51.